The van der Waals surface area contributed by atoms with Crippen molar-refractivity contribution in [2.24, 2.45) is 0 Å². The van der Waals surface area contributed by atoms with E-state index in [9.17, 15) is 4.79 Å². The van der Waals surface area contributed by atoms with Crippen LogP contribution in [0.25, 0.3) is 0 Å². The zero-order valence-electron chi connectivity index (χ0n) is 9.23. The van der Waals surface area contributed by atoms with E-state index in [0.717, 1.165) is 13.0 Å². The molecule has 1 heterocycles. The number of hydrogen-bond acceptors (Lipinski definition) is 3. The van der Waals surface area contributed by atoms with Gasteiger partial charge in [-0.1, -0.05) is 0 Å². The molecule has 1 aliphatic rings. The van der Waals surface area contributed by atoms with Crippen molar-refractivity contribution in [3.05, 3.63) is 0 Å². The molecule has 1 fully saturated rings. The van der Waals surface area contributed by atoms with Crippen molar-refractivity contribution in [3.63, 3.8) is 0 Å². The summed E-state index contributed by atoms with van der Waals surface area (Å²) in [4.78, 5) is 11.7. The maximum Gasteiger partial charge on any atom is 0.237 e. The normalized spacial score (nSPS) is 21.8. The predicted octanol–water partition coefficient (Wildman–Crippen LogP) is 0.615. The van der Waals surface area contributed by atoms with Crippen LogP contribution in [0.2, 0.25) is 0 Å². The number of hydrazine groups is 1. The number of carbonyl (C=O) groups is 1. The molecule has 0 aromatic heterocycles. The van der Waals surface area contributed by atoms with Crippen molar-refractivity contribution in [3.8, 4) is 0 Å². The largest absolute Gasteiger partial charge is 0.395 e. The van der Waals surface area contributed by atoms with Crippen LogP contribution in [0.3, 0.4) is 0 Å². The molecule has 1 amide bonds. The quantitative estimate of drug-likeness (QED) is 0.726. The van der Waals surface area contributed by atoms with Gasteiger partial charge in [0.1, 0.15) is 0 Å². The summed E-state index contributed by atoms with van der Waals surface area (Å²) in [5, 5.41) is 12.9. The van der Waals surface area contributed by atoms with Crippen molar-refractivity contribution >= 4 is 5.91 Å². The van der Waals surface area contributed by atoms with Gasteiger partial charge in [0.05, 0.1) is 6.61 Å². The van der Waals surface area contributed by atoms with Crippen LogP contribution in [0.5, 0.6) is 0 Å². The highest BCUT2D eigenvalue weighted by Gasteiger charge is 2.30. The van der Waals surface area contributed by atoms with Gasteiger partial charge in [0.15, 0.2) is 0 Å². The smallest absolute Gasteiger partial charge is 0.237 e. The maximum absolute atomic E-state index is 11.7. The van der Waals surface area contributed by atoms with Crippen LogP contribution in [0.15, 0.2) is 0 Å². The zero-order chi connectivity index (χ0) is 10.7. The van der Waals surface area contributed by atoms with Crippen LogP contribution >= 0.6 is 0 Å². The molecule has 1 N–H and O–H groups in total. The first-order valence-corrected chi connectivity index (χ1v) is 5.27. The van der Waals surface area contributed by atoms with Crippen LogP contribution < -0.4 is 0 Å². The average molecular weight is 200 g/mol. The van der Waals surface area contributed by atoms with Crippen LogP contribution in [0, 0.1) is 0 Å². The van der Waals surface area contributed by atoms with Gasteiger partial charge >= 0.3 is 0 Å². The molecule has 82 valence electrons. The molecule has 0 radical (unpaired) electrons. The third kappa shape index (κ3) is 2.25. The van der Waals surface area contributed by atoms with E-state index in [1.807, 2.05) is 25.8 Å². The third-order valence-electron chi connectivity index (χ3n) is 2.57. The molecule has 1 aliphatic heterocycles. The molecule has 4 heteroatoms. The van der Waals surface area contributed by atoms with Gasteiger partial charge in [0.25, 0.3) is 0 Å². The molecule has 4 nitrogen and oxygen atoms in total. The molecule has 1 unspecified atom stereocenters. The van der Waals surface area contributed by atoms with E-state index in [4.69, 9.17) is 5.11 Å². The van der Waals surface area contributed by atoms with Gasteiger partial charge in [-0.15, -0.1) is 0 Å². The summed E-state index contributed by atoms with van der Waals surface area (Å²) in [6.45, 7) is 6.90. The Kier molecular flexibility index (Phi) is 3.89. The van der Waals surface area contributed by atoms with Crippen LogP contribution in [0.4, 0.5) is 0 Å². The topological polar surface area (TPSA) is 43.8 Å². The first-order chi connectivity index (χ1) is 6.57. The molecular weight excluding hydrogens is 180 g/mol. The van der Waals surface area contributed by atoms with Crippen molar-refractivity contribution in [2.75, 3.05) is 13.2 Å². The zero-order valence-corrected chi connectivity index (χ0v) is 9.23. The molecular formula is C10H20N2O2. The summed E-state index contributed by atoms with van der Waals surface area (Å²) in [6.07, 6.45) is 1.53. The fourth-order valence-corrected chi connectivity index (χ4v) is 1.87. The standard InChI is InChI=1S/C10H20N2O2/c1-8(2)12-10(14)5-4-6-11(12)9(3)7-13/h8-9,13H,4-7H2,1-3H3. The number of aliphatic hydroxyl groups is 1. The first kappa shape index (κ1) is 11.5. The maximum atomic E-state index is 11.7. The Morgan fingerprint density at radius 3 is 2.57 bits per heavy atom. The highest BCUT2D eigenvalue weighted by molar-refractivity contribution is 5.76. The highest BCUT2D eigenvalue weighted by atomic mass is 16.3. The van der Waals surface area contributed by atoms with E-state index in [-0.39, 0.29) is 24.6 Å². The lowest BCUT2D eigenvalue weighted by atomic mass is 10.2. The SMILES string of the molecule is CC(CO)N1CCCC(=O)N1C(C)C. The minimum atomic E-state index is 0.0293. The lowest BCUT2D eigenvalue weighted by molar-refractivity contribution is -0.168. The third-order valence-corrected chi connectivity index (χ3v) is 2.57. The van der Waals surface area contributed by atoms with Gasteiger partial charge in [-0.05, 0) is 27.2 Å². The second-order valence-electron chi connectivity index (χ2n) is 4.13. The molecule has 0 aromatic carbocycles. The van der Waals surface area contributed by atoms with Gasteiger partial charge < -0.3 is 5.11 Å². The fourth-order valence-electron chi connectivity index (χ4n) is 1.87. The molecule has 0 saturated carbocycles. The second-order valence-corrected chi connectivity index (χ2v) is 4.13. The number of carbonyl (C=O) groups excluding carboxylic acids is 1. The Balaban J connectivity index is 2.74. The number of rotatable bonds is 3. The Bertz CT molecular complexity index is 206. The van der Waals surface area contributed by atoms with Crippen molar-refractivity contribution in [1.82, 2.24) is 10.0 Å². The second kappa shape index (κ2) is 4.75. The summed E-state index contributed by atoms with van der Waals surface area (Å²) < 4.78 is 0. The van der Waals surface area contributed by atoms with Crippen molar-refractivity contribution < 1.29 is 9.90 Å². The molecule has 0 bridgehead atoms. The van der Waals surface area contributed by atoms with Gasteiger partial charge in [-0.25, -0.2) is 5.01 Å². The van der Waals surface area contributed by atoms with E-state index < -0.39 is 0 Å². The molecule has 0 spiro atoms. The number of amides is 1. The summed E-state index contributed by atoms with van der Waals surface area (Å²) >= 11 is 0. The molecule has 0 aromatic rings. The summed E-state index contributed by atoms with van der Waals surface area (Å²) in [6, 6.07) is 0.207. The summed E-state index contributed by atoms with van der Waals surface area (Å²) in [7, 11) is 0. The monoisotopic (exact) mass is 200 g/mol. The molecule has 14 heavy (non-hydrogen) atoms. The van der Waals surface area contributed by atoms with Gasteiger partial charge in [0, 0.05) is 25.0 Å². The molecule has 1 saturated heterocycles. The van der Waals surface area contributed by atoms with E-state index in [0.29, 0.717) is 6.42 Å². The van der Waals surface area contributed by atoms with Crippen molar-refractivity contribution in [2.45, 2.75) is 45.7 Å². The summed E-state index contributed by atoms with van der Waals surface area (Å²) in [5.74, 6) is 0.173. The van der Waals surface area contributed by atoms with Gasteiger partial charge in [-0.2, -0.15) is 0 Å². The van der Waals surface area contributed by atoms with E-state index in [1.54, 1.807) is 5.01 Å². The number of nitrogens with zero attached hydrogens (tertiary/aromatic N) is 2. The Labute approximate surface area is 85.5 Å². The average Bonchev–Trinajstić information content (AvgIpc) is 2.15. The Hall–Kier alpha value is -0.610. The first-order valence-electron chi connectivity index (χ1n) is 5.27. The highest BCUT2D eigenvalue weighted by Crippen LogP contribution is 2.17. The Morgan fingerprint density at radius 2 is 2.07 bits per heavy atom. The minimum absolute atomic E-state index is 0.0293. The van der Waals surface area contributed by atoms with E-state index >= 15 is 0 Å². The minimum Gasteiger partial charge on any atom is -0.395 e. The van der Waals surface area contributed by atoms with Gasteiger partial charge in [-0.3, -0.25) is 9.80 Å². The van der Waals surface area contributed by atoms with Crippen molar-refractivity contribution in [1.29, 1.82) is 0 Å². The number of aliphatic hydroxyl groups excluding tert-OH is 1. The molecule has 1 rings (SSSR count). The van der Waals surface area contributed by atoms with Crippen LogP contribution in [-0.2, 0) is 4.79 Å². The van der Waals surface area contributed by atoms with Crippen LogP contribution in [0.1, 0.15) is 33.6 Å². The lowest BCUT2D eigenvalue weighted by Gasteiger charge is -2.44. The fraction of sp³-hybridized carbons (Fsp3) is 0.900. The lowest BCUT2D eigenvalue weighted by Crippen LogP contribution is -2.57. The van der Waals surface area contributed by atoms with E-state index in [1.165, 1.54) is 0 Å². The Morgan fingerprint density at radius 1 is 1.43 bits per heavy atom. The van der Waals surface area contributed by atoms with Crippen LogP contribution in [-0.4, -0.2) is 46.3 Å². The summed E-state index contributed by atoms with van der Waals surface area (Å²) in [5.41, 5.74) is 0. The molecule has 0 aliphatic carbocycles. The predicted molar refractivity (Wildman–Crippen MR) is 54.5 cm³/mol. The van der Waals surface area contributed by atoms with E-state index in [2.05, 4.69) is 0 Å². The number of hydrogen-bond donors (Lipinski definition) is 1. The van der Waals surface area contributed by atoms with Gasteiger partial charge in [0.2, 0.25) is 5.91 Å². The molecule has 1 atom stereocenters.